The second-order valence-electron chi connectivity index (χ2n) is 6.53. The highest BCUT2D eigenvalue weighted by atomic mass is 35.5. The van der Waals surface area contributed by atoms with Crippen molar-refractivity contribution in [2.75, 3.05) is 12.4 Å². The van der Waals surface area contributed by atoms with E-state index in [1.54, 1.807) is 36.4 Å². The molecule has 3 rings (SSSR count). The minimum Gasteiger partial charge on any atom is -0.493 e. The number of carbonyl (C=O) groups is 2. The fourth-order valence-corrected chi connectivity index (χ4v) is 3.18. The normalized spacial score (nSPS) is 10.8. The molecular formula is C24H15Cl3N2O4. The van der Waals surface area contributed by atoms with Crippen LogP contribution in [-0.4, -0.2) is 19.0 Å². The number of halogens is 3. The maximum Gasteiger partial charge on any atom is 0.343 e. The van der Waals surface area contributed by atoms with Crippen LogP contribution < -0.4 is 14.8 Å². The Kier molecular flexibility index (Phi) is 7.96. The minimum atomic E-state index is -0.668. The monoisotopic (exact) mass is 500 g/mol. The molecule has 0 atom stereocenters. The standard InChI is InChI=1S/C24H15Cl3N2O4/c1-32-21-12-14(5-10-20(21)33-24(31)15-6-8-17(25)9-7-15)11-16(13-28)23(30)29-19-4-2-3-18(26)22(19)27/h2-12H,1H3,(H,29,30)/b16-11+. The van der Waals surface area contributed by atoms with Crippen molar-refractivity contribution in [3.8, 4) is 17.6 Å². The molecule has 33 heavy (non-hydrogen) atoms. The van der Waals surface area contributed by atoms with Crippen molar-refractivity contribution >= 4 is 58.4 Å². The minimum absolute atomic E-state index is 0.165. The zero-order chi connectivity index (χ0) is 24.0. The van der Waals surface area contributed by atoms with E-state index in [1.165, 1.54) is 37.5 Å². The molecule has 0 saturated carbocycles. The lowest BCUT2D eigenvalue weighted by molar-refractivity contribution is -0.112. The summed E-state index contributed by atoms with van der Waals surface area (Å²) in [6, 6.07) is 17.4. The topological polar surface area (TPSA) is 88.4 Å². The van der Waals surface area contributed by atoms with E-state index in [4.69, 9.17) is 44.3 Å². The van der Waals surface area contributed by atoms with Crippen LogP contribution in [0, 0.1) is 11.3 Å². The molecule has 1 amide bonds. The van der Waals surface area contributed by atoms with Crippen LogP contribution in [-0.2, 0) is 4.79 Å². The van der Waals surface area contributed by atoms with Gasteiger partial charge in [0.25, 0.3) is 5.91 Å². The quantitative estimate of drug-likeness (QED) is 0.182. The van der Waals surface area contributed by atoms with Crippen molar-refractivity contribution < 1.29 is 19.1 Å². The lowest BCUT2D eigenvalue weighted by Gasteiger charge is -2.11. The average molecular weight is 502 g/mol. The molecule has 1 N–H and O–H groups in total. The SMILES string of the molecule is COc1cc(/C=C(\C#N)C(=O)Nc2cccc(Cl)c2Cl)ccc1OC(=O)c1ccc(Cl)cc1. The Balaban J connectivity index is 1.81. The molecule has 0 aromatic heterocycles. The summed E-state index contributed by atoms with van der Waals surface area (Å²) in [6.45, 7) is 0. The van der Waals surface area contributed by atoms with Crippen molar-refractivity contribution in [2.45, 2.75) is 0 Å². The number of nitriles is 1. The summed E-state index contributed by atoms with van der Waals surface area (Å²) < 4.78 is 10.7. The van der Waals surface area contributed by atoms with Gasteiger partial charge in [-0.3, -0.25) is 4.79 Å². The number of nitrogens with zero attached hydrogens (tertiary/aromatic N) is 1. The summed E-state index contributed by atoms with van der Waals surface area (Å²) >= 11 is 17.9. The Bertz CT molecular complexity index is 1280. The van der Waals surface area contributed by atoms with E-state index in [2.05, 4.69) is 5.32 Å². The molecule has 0 aliphatic heterocycles. The number of amides is 1. The van der Waals surface area contributed by atoms with E-state index < -0.39 is 11.9 Å². The van der Waals surface area contributed by atoms with Gasteiger partial charge in [-0.05, 0) is 60.2 Å². The molecular weight excluding hydrogens is 487 g/mol. The van der Waals surface area contributed by atoms with Crippen LogP contribution in [0.4, 0.5) is 5.69 Å². The molecule has 166 valence electrons. The number of nitrogens with one attached hydrogen (secondary N) is 1. The fourth-order valence-electron chi connectivity index (χ4n) is 2.71. The second kappa shape index (κ2) is 10.9. The number of anilines is 1. The van der Waals surface area contributed by atoms with E-state index in [1.807, 2.05) is 6.07 Å². The zero-order valence-electron chi connectivity index (χ0n) is 17.1. The molecule has 3 aromatic rings. The first-order chi connectivity index (χ1) is 15.8. The van der Waals surface area contributed by atoms with Gasteiger partial charge in [-0.1, -0.05) is 46.9 Å². The van der Waals surface area contributed by atoms with Gasteiger partial charge in [0.2, 0.25) is 0 Å². The number of carbonyl (C=O) groups excluding carboxylic acids is 2. The third kappa shape index (κ3) is 6.05. The number of methoxy groups -OCH3 is 1. The van der Waals surface area contributed by atoms with E-state index in [-0.39, 0.29) is 32.8 Å². The van der Waals surface area contributed by atoms with E-state index >= 15 is 0 Å². The molecule has 3 aromatic carbocycles. The van der Waals surface area contributed by atoms with Gasteiger partial charge in [-0.15, -0.1) is 0 Å². The van der Waals surface area contributed by atoms with Crippen LogP contribution in [0.15, 0.2) is 66.2 Å². The number of ether oxygens (including phenoxy) is 2. The van der Waals surface area contributed by atoms with E-state index in [9.17, 15) is 14.9 Å². The van der Waals surface area contributed by atoms with Crippen molar-refractivity contribution in [3.63, 3.8) is 0 Å². The molecule has 0 unspecified atom stereocenters. The molecule has 0 heterocycles. The third-order valence-corrected chi connectivity index (χ3v) is 5.42. The summed E-state index contributed by atoms with van der Waals surface area (Å²) in [5.74, 6) is -0.854. The average Bonchev–Trinajstić information content (AvgIpc) is 2.81. The Morgan fingerprint density at radius 2 is 1.73 bits per heavy atom. The maximum atomic E-state index is 12.5. The molecule has 0 bridgehead atoms. The largest absolute Gasteiger partial charge is 0.493 e. The second-order valence-corrected chi connectivity index (χ2v) is 7.75. The highest BCUT2D eigenvalue weighted by molar-refractivity contribution is 6.44. The van der Waals surface area contributed by atoms with Gasteiger partial charge in [0.05, 0.1) is 28.4 Å². The Labute approximate surface area is 204 Å². The molecule has 0 aliphatic rings. The number of esters is 1. The van der Waals surface area contributed by atoms with Gasteiger partial charge >= 0.3 is 5.97 Å². The van der Waals surface area contributed by atoms with Gasteiger partial charge in [0.1, 0.15) is 11.6 Å². The number of rotatable bonds is 6. The lowest BCUT2D eigenvalue weighted by Crippen LogP contribution is -2.13. The van der Waals surface area contributed by atoms with E-state index in [0.717, 1.165) is 0 Å². The Hall–Kier alpha value is -3.50. The predicted molar refractivity (Wildman–Crippen MR) is 128 cm³/mol. The molecule has 0 aliphatic carbocycles. The molecule has 0 radical (unpaired) electrons. The number of hydrogen-bond donors (Lipinski definition) is 1. The third-order valence-electron chi connectivity index (χ3n) is 4.35. The van der Waals surface area contributed by atoms with Gasteiger partial charge < -0.3 is 14.8 Å². The summed E-state index contributed by atoms with van der Waals surface area (Å²) in [7, 11) is 1.40. The van der Waals surface area contributed by atoms with Crippen LogP contribution in [0.2, 0.25) is 15.1 Å². The molecule has 9 heteroatoms. The number of benzene rings is 3. The van der Waals surface area contributed by atoms with Crippen LogP contribution in [0.5, 0.6) is 11.5 Å². The van der Waals surface area contributed by atoms with Crippen molar-refractivity contribution in [3.05, 3.63) is 92.4 Å². The first-order valence-electron chi connectivity index (χ1n) is 9.35. The van der Waals surface area contributed by atoms with Crippen LogP contribution >= 0.6 is 34.8 Å². The van der Waals surface area contributed by atoms with Crippen LogP contribution in [0.3, 0.4) is 0 Å². The Morgan fingerprint density at radius 3 is 2.39 bits per heavy atom. The lowest BCUT2D eigenvalue weighted by atomic mass is 10.1. The van der Waals surface area contributed by atoms with Crippen LogP contribution in [0.1, 0.15) is 15.9 Å². The van der Waals surface area contributed by atoms with Gasteiger partial charge in [-0.25, -0.2) is 4.79 Å². The molecule has 0 saturated heterocycles. The zero-order valence-corrected chi connectivity index (χ0v) is 19.3. The van der Waals surface area contributed by atoms with Crippen molar-refractivity contribution in [2.24, 2.45) is 0 Å². The predicted octanol–water partition coefficient (Wildman–Crippen LogP) is 6.42. The maximum absolute atomic E-state index is 12.5. The molecule has 0 spiro atoms. The van der Waals surface area contributed by atoms with Gasteiger partial charge in [0.15, 0.2) is 11.5 Å². The molecule has 6 nitrogen and oxygen atoms in total. The molecule has 0 fully saturated rings. The summed E-state index contributed by atoms with van der Waals surface area (Å²) in [5.41, 5.74) is 0.881. The number of hydrogen-bond acceptors (Lipinski definition) is 5. The van der Waals surface area contributed by atoms with Gasteiger partial charge in [-0.2, -0.15) is 5.26 Å². The smallest absolute Gasteiger partial charge is 0.343 e. The van der Waals surface area contributed by atoms with E-state index in [0.29, 0.717) is 16.1 Å². The van der Waals surface area contributed by atoms with Crippen molar-refractivity contribution in [1.29, 1.82) is 5.26 Å². The first-order valence-corrected chi connectivity index (χ1v) is 10.5. The first kappa shape index (κ1) is 24.1. The highest BCUT2D eigenvalue weighted by Crippen LogP contribution is 2.31. The summed E-state index contributed by atoms with van der Waals surface area (Å²) in [5, 5.41) is 12.9. The Morgan fingerprint density at radius 1 is 1.00 bits per heavy atom. The van der Waals surface area contributed by atoms with Gasteiger partial charge in [0, 0.05) is 5.02 Å². The fraction of sp³-hybridized carbons (Fsp3) is 0.0417. The van der Waals surface area contributed by atoms with Crippen molar-refractivity contribution in [1.82, 2.24) is 0 Å². The van der Waals surface area contributed by atoms with Crippen LogP contribution in [0.25, 0.3) is 6.08 Å². The summed E-state index contributed by atoms with van der Waals surface area (Å²) in [6.07, 6.45) is 1.36. The summed E-state index contributed by atoms with van der Waals surface area (Å²) in [4.78, 5) is 24.9. The highest BCUT2D eigenvalue weighted by Gasteiger charge is 2.15.